The van der Waals surface area contributed by atoms with Gasteiger partial charge < -0.3 is 15.0 Å². The summed E-state index contributed by atoms with van der Waals surface area (Å²) in [7, 11) is 0. The number of hydrogen-bond donors (Lipinski definition) is 1. The van der Waals surface area contributed by atoms with Gasteiger partial charge in [0.05, 0.1) is 0 Å². The van der Waals surface area contributed by atoms with Crippen LogP contribution in [0.4, 0.5) is 11.4 Å². The molecule has 0 radical (unpaired) electrons. The van der Waals surface area contributed by atoms with Crippen LogP contribution in [0.3, 0.4) is 0 Å². The molecular formula is C19H24Cl2N2O3. The first-order chi connectivity index (χ1) is 12.3. The predicted octanol–water partition coefficient (Wildman–Crippen LogP) is 4.13. The summed E-state index contributed by atoms with van der Waals surface area (Å²) in [4.78, 5) is 26.3. The number of nitrogens with one attached hydrogen (secondary N) is 1. The van der Waals surface area contributed by atoms with E-state index in [9.17, 15) is 9.59 Å². The molecule has 2 aliphatic rings. The maximum atomic E-state index is 12.0. The molecule has 1 aliphatic heterocycles. The van der Waals surface area contributed by atoms with Gasteiger partial charge in [0.1, 0.15) is 9.75 Å². The zero-order valence-corrected chi connectivity index (χ0v) is 16.4. The van der Waals surface area contributed by atoms with Gasteiger partial charge in [0.15, 0.2) is 6.61 Å². The number of esters is 1. The third kappa shape index (κ3) is 4.26. The molecule has 1 aromatic carbocycles. The number of alkyl halides is 2. The molecule has 3 rings (SSSR count). The highest BCUT2D eigenvalue weighted by Crippen LogP contribution is 2.64. The molecule has 1 N–H and O–H groups in total. The molecule has 142 valence electrons. The lowest BCUT2D eigenvalue weighted by Gasteiger charge is -2.22. The molecule has 1 saturated heterocycles. The number of amides is 1. The molecule has 1 amide bonds. The Kier molecular flexibility index (Phi) is 5.68. The van der Waals surface area contributed by atoms with Crippen LogP contribution in [0.25, 0.3) is 0 Å². The van der Waals surface area contributed by atoms with Gasteiger partial charge in [-0.2, -0.15) is 0 Å². The normalized spacial score (nSPS) is 24.5. The van der Waals surface area contributed by atoms with Gasteiger partial charge in [0.2, 0.25) is 0 Å². The van der Waals surface area contributed by atoms with Crippen LogP contribution >= 0.6 is 23.2 Å². The number of carbonyl (C=O) groups is 2. The minimum atomic E-state index is -1.09. The van der Waals surface area contributed by atoms with Crippen molar-refractivity contribution in [2.24, 2.45) is 5.41 Å². The highest BCUT2D eigenvalue weighted by Gasteiger charge is 2.69. The summed E-state index contributed by atoms with van der Waals surface area (Å²) in [5, 5.41) is 2.73. The second kappa shape index (κ2) is 7.65. The van der Waals surface area contributed by atoms with Crippen molar-refractivity contribution in [2.75, 3.05) is 29.9 Å². The van der Waals surface area contributed by atoms with Crippen LogP contribution in [-0.2, 0) is 14.3 Å². The Bertz CT molecular complexity index is 670. The van der Waals surface area contributed by atoms with E-state index in [1.165, 1.54) is 31.4 Å². The van der Waals surface area contributed by atoms with Crippen LogP contribution in [0, 0.1) is 5.41 Å². The van der Waals surface area contributed by atoms with Gasteiger partial charge in [0.25, 0.3) is 5.91 Å². The van der Waals surface area contributed by atoms with Crippen molar-refractivity contribution >= 4 is 46.5 Å². The summed E-state index contributed by atoms with van der Waals surface area (Å²) < 4.78 is 3.95. The number of anilines is 2. The first-order valence-electron chi connectivity index (χ1n) is 9.02. The summed E-state index contributed by atoms with van der Waals surface area (Å²) in [6.07, 6.45) is 5.35. The van der Waals surface area contributed by atoms with Crippen LogP contribution in [0.2, 0.25) is 0 Å². The Morgan fingerprint density at radius 3 is 2.23 bits per heavy atom. The fraction of sp³-hybridized carbons (Fsp3) is 0.579. The standard InChI is InChI=1S/C19H24Cl2N2O3/c1-18(13-19(18,20)21)17(25)26-12-16(24)22-14-6-8-15(9-7-14)23-10-4-2-3-5-11-23/h6-9H,2-5,10-13H2,1H3,(H,22,24)/t18-/m1/s1. The van der Waals surface area contributed by atoms with Crippen molar-refractivity contribution < 1.29 is 14.3 Å². The molecular weight excluding hydrogens is 375 g/mol. The molecule has 26 heavy (non-hydrogen) atoms. The molecule has 0 spiro atoms. The van der Waals surface area contributed by atoms with Gasteiger partial charge in [-0.3, -0.25) is 9.59 Å². The third-order valence-corrected chi connectivity index (χ3v) is 6.27. The summed E-state index contributed by atoms with van der Waals surface area (Å²) in [5.41, 5.74) is 0.912. The van der Waals surface area contributed by atoms with E-state index in [-0.39, 0.29) is 12.5 Å². The Balaban J connectivity index is 1.48. The minimum Gasteiger partial charge on any atom is -0.455 e. The third-order valence-electron chi connectivity index (χ3n) is 5.16. The lowest BCUT2D eigenvalue weighted by atomic mass is 10.1. The highest BCUT2D eigenvalue weighted by molar-refractivity contribution is 6.53. The summed E-state index contributed by atoms with van der Waals surface area (Å²) in [6, 6.07) is 7.75. The number of carbonyl (C=O) groups excluding carboxylic acids is 2. The van der Waals surface area contributed by atoms with Crippen LogP contribution < -0.4 is 10.2 Å². The molecule has 0 unspecified atom stereocenters. The Morgan fingerprint density at radius 1 is 1.12 bits per heavy atom. The minimum absolute atomic E-state index is 0.335. The monoisotopic (exact) mass is 398 g/mol. The molecule has 1 saturated carbocycles. The fourth-order valence-electron chi connectivity index (χ4n) is 3.19. The summed E-state index contributed by atoms with van der Waals surface area (Å²) in [6.45, 7) is 3.42. The Labute approximate surface area is 164 Å². The van der Waals surface area contributed by atoms with E-state index >= 15 is 0 Å². The van der Waals surface area contributed by atoms with E-state index in [0.29, 0.717) is 12.1 Å². The SMILES string of the molecule is C[C@]1(C(=O)OCC(=O)Nc2ccc(N3CCCCCC3)cc2)CC1(Cl)Cl. The van der Waals surface area contributed by atoms with Gasteiger partial charge in [-0.05, 0) is 44.0 Å². The number of ether oxygens (including phenoxy) is 1. The molecule has 1 atom stereocenters. The summed E-state index contributed by atoms with van der Waals surface area (Å²) in [5.74, 6) is -0.936. The Morgan fingerprint density at radius 2 is 1.69 bits per heavy atom. The van der Waals surface area contributed by atoms with Gasteiger partial charge in [0, 0.05) is 30.9 Å². The van der Waals surface area contributed by atoms with E-state index in [1.807, 2.05) is 24.3 Å². The molecule has 1 aliphatic carbocycles. The lowest BCUT2D eigenvalue weighted by molar-refractivity contribution is -0.152. The predicted molar refractivity (Wildman–Crippen MR) is 104 cm³/mol. The van der Waals surface area contributed by atoms with Crippen molar-refractivity contribution in [3.8, 4) is 0 Å². The number of halogens is 2. The van der Waals surface area contributed by atoms with Crippen LogP contribution in [-0.4, -0.2) is 35.9 Å². The van der Waals surface area contributed by atoms with Crippen molar-refractivity contribution in [1.29, 1.82) is 0 Å². The molecule has 1 heterocycles. The van der Waals surface area contributed by atoms with Gasteiger partial charge in [-0.25, -0.2) is 0 Å². The number of rotatable bonds is 5. The fourth-order valence-corrected chi connectivity index (χ4v) is 3.88. The van der Waals surface area contributed by atoms with Gasteiger partial charge in [-0.1, -0.05) is 12.8 Å². The van der Waals surface area contributed by atoms with Crippen LogP contribution in [0.15, 0.2) is 24.3 Å². The maximum Gasteiger partial charge on any atom is 0.315 e. The second-order valence-corrected chi connectivity index (χ2v) is 8.77. The van der Waals surface area contributed by atoms with E-state index < -0.39 is 15.7 Å². The number of benzene rings is 1. The molecule has 1 aromatic rings. The van der Waals surface area contributed by atoms with Gasteiger partial charge in [-0.15, -0.1) is 23.2 Å². The largest absolute Gasteiger partial charge is 0.455 e. The zero-order chi connectivity index (χ0) is 18.8. The molecule has 0 aromatic heterocycles. The average molecular weight is 399 g/mol. The molecule has 5 nitrogen and oxygen atoms in total. The van der Waals surface area contributed by atoms with E-state index in [2.05, 4.69) is 10.2 Å². The first kappa shape index (κ1) is 19.3. The maximum absolute atomic E-state index is 12.0. The van der Waals surface area contributed by atoms with Crippen molar-refractivity contribution in [3.63, 3.8) is 0 Å². The molecule has 0 bridgehead atoms. The van der Waals surface area contributed by atoms with Crippen LogP contribution in [0.5, 0.6) is 0 Å². The van der Waals surface area contributed by atoms with E-state index in [1.54, 1.807) is 6.92 Å². The van der Waals surface area contributed by atoms with Crippen LogP contribution in [0.1, 0.15) is 39.0 Å². The van der Waals surface area contributed by atoms with Crippen molar-refractivity contribution in [3.05, 3.63) is 24.3 Å². The molecule has 2 fully saturated rings. The number of nitrogens with zero attached hydrogens (tertiary/aromatic N) is 1. The average Bonchev–Trinajstić information content (AvgIpc) is 3.24. The first-order valence-corrected chi connectivity index (χ1v) is 9.77. The highest BCUT2D eigenvalue weighted by atomic mass is 35.5. The van der Waals surface area contributed by atoms with Gasteiger partial charge >= 0.3 is 5.97 Å². The topological polar surface area (TPSA) is 58.6 Å². The zero-order valence-electron chi connectivity index (χ0n) is 14.9. The molecule has 7 heteroatoms. The summed E-state index contributed by atoms with van der Waals surface area (Å²) >= 11 is 11.9. The van der Waals surface area contributed by atoms with E-state index in [0.717, 1.165) is 13.1 Å². The smallest absolute Gasteiger partial charge is 0.315 e. The van der Waals surface area contributed by atoms with E-state index in [4.69, 9.17) is 27.9 Å². The van der Waals surface area contributed by atoms with Crippen molar-refractivity contribution in [1.82, 2.24) is 0 Å². The lowest BCUT2D eigenvalue weighted by Crippen LogP contribution is -2.27. The second-order valence-electron chi connectivity index (χ2n) is 7.29. The van der Waals surface area contributed by atoms with Crippen molar-refractivity contribution in [2.45, 2.75) is 43.4 Å². The Hall–Kier alpha value is -1.46. The number of hydrogen-bond acceptors (Lipinski definition) is 4. The quantitative estimate of drug-likeness (QED) is 0.598.